The number of carbonyl (C=O) groups excluding carboxylic acids is 2. The minimum absolute atomic E-state index is 0.241. The number of aliphatic hydroxyl groups is 1. The highest BCUT2D eigenvalue weighted by atomic mass is 32.1. The van der Waals surface area contributed by atoms with E-state index in [1.165, 1.54) is 11.3 Å². The van der Waals surface area contributed by atoms with Crippen LogP contribution >= 0.6 is 11.3 Å². The molecule has 0 spiro atoms. The number of amides is 2. The molecule has 1 fully saturated rings. The van der Waals surface area contributed by atoms with Crippen LogP contribution in [-0.4, -0.2) is 65.6 Å². The van der Waals surface area contributed by atoms with Gasteiger partial charge in [-0.3, -0.25) is 9.59 Å². The van der Waals surface area contributed by atoms with Crippen molar-refractivity contribution in [2.24, 2.45) is 11.5 Å². The van der Waals surface area contributed by atoms with Crippen molar-refractivity contribution in [2.75, 3.05) is 43.4 Å². The Morgan fingerprint density at radius 3 is 2.57 bits per heavy atom. The predicted octanol–water partition coefficient (Wildman–Crippen LogP) is -0.102. The lowest BCUT2D eigenvalue weighted by Gasteiger charge is -2.36. The van der Waals surface area contributed by atoms with Crippen molar-refractivity contribution >= 4 is 44.9 Å². The Morgan fingerprint density at radius 1 is 1.32 bits per heavy atom. The van der Waals surface area contributed by atoms with E-state index in [0.717, 1.165) is 29.6 Å². The molecule has 0 radical (unpaired) electrons. The second-order valence-corrected chi connectivity index (χ2v) is 7.88. The van der Waals surface area contributed by atoms with E-state index in [1.54, 1.807) is 4.90 Å². The molecule has 1 aliphatic heterocycles. The molecule has 0 aromatic carbocycles. The molecule has 10 heteroatoms. The Balaban J connectivity index is 1.88. The minimum Gasteiger partial charge on any atom is -0.397 e. The summed E-state index contributed by atoms with van der Waals surface area (Å²) < 4.78 is 0. The molecular weight excluding hydrogens is 380 g/mol. The van der Waals surface area contributed by atoms with Gasteiger partial charge in [-0.1, -0.05) is 13.3 Å². The fourth-order valence-electron chi connectivity index (χ4n) is 3.46. The Labute approximate surface area is 167 Å². The lowest BCUT2D eigenvalue weighted by atomic mass is 10.1. The summed E-state index contributed by atoms with van der Waals surface area (Å²) >= 11 is 1.22. The maximum absolute atomic E-state index is 12.1. The van der Waals surface area contributed by atoms with Gasteiger partial charge in [-0.2, -0.15) is 0 Å². The van der Waals surface area contributed by atoms with E-state index in [2.05, 4.69) is 11.8 Å². The average molecular weight is 407 g/mol. The summed E-state index contributed by atoms with van der Waals surface area (Å²) in [4.78, 5) is 33.3. The third-order valence-electron chi connectivity index (χ3n) is 4.94. The van der Waals surface area contributed by atoms with Gasteiger partial charge in [0, 0.05) is 31.6 Å². The molecule has 0 bridgehead atoms. The Kier molecular flexibility index (Phi) is 6.01. The van der Waals surface area contributed by atoms with Crippen LogP contribution in [0.15, 0.2) is 6.07 Å². The number of nitrogens with zero attached hydrogens (tertiary/aromatic N) is 3. The van der Waals surface area contributed by atoms with Gasteiger partial charge in [0.25, 0.3) is 5.91 Å². The van der Waals surface area contributed by atoms with E-state index < -0.39 is 11.9 Å². The number of nitrogens with two attached hydrogens (primary N) is 3. The number of anilines is 2. The van der Waals surface area contributed by atoms with Crippen molar-refractivity contribution in [3.05, 3.63) is 16.5 Å². The second-order valence-electron chi connectivity index (χ2n) is 6.88. The van der Waals surface area contributed by atoms with Gasteiger partial charge >= 0.3 is 0 Å². The number of hydrogen-bond acceptors (Lipinski definition) is 8. The van der Waals surface area contributed by atoms with Gasteiger partial charge in [-0.25, -0.2) is 4.98 Å². The zero-order chi connectivity index (χ0) is 20.4. The summed E-state index contributed by atoms with van der Waals surface area (Å²) in [6, 6.07) is 1.13. The van der Waals surface area contributed by atoms with Gasteiger partial charge in [0.2, 0.25) is 5.91 Å². The number of nitrogen functional groups attached to an aromatic ring is 1. The van der Waals surface area contributed by atoms with Crippen molar-refractivity contribution in [1.29, 1.82) is 0 Å². The first-order valence-electron chi connectivity index (χ1n) is 9.29. The van der Waals surface area contributed by atoms with E-state index in [0.29, 0.717) is 41.6 Å². The van der Waals surface area contributed by atoms with E-state index >= 15 is 0 Å². The SMILES string of the molecule is CCCc1cc(N2CCN(C(=O)[C@@H](N)CO)CC2)nc2sc(C(N)=O)c(N)c12. The van der Waals surface area contributed by atoms with Crippen LogP contribution in [0.1, 0.15) is 28.6 Å². The molecule has 0 unspecified atom stereocenters. The third-order valence-corrected chi connectivity index (χ3v) is 6.05. The summed E-state index contributed by atoms with van der Waals surface area (Å²) in [5.74, 6) is 0.0120. The summed E-state index contributed by atoms with van der Waals surface area (Å²) in [5.41, 5.74) is 18.7. The fraction of sp³-hybridized carbons (Fsp3) is 0.500. The Bertz CT molecular complexity index is 891. The molecular formula is C18H26N6O3S. The van der Waals surface area contributed by atoms with Gasteiger partial charge in [0.15, 0.2) is 0 Å². The molecule has 1 aliphatic rings. The number of fused-ring (bicyclic) bond motifs is 1. The lowest BCUT2D eigenvalue weighted by molar-refractivity contribution is -0.133. The fourth-order valence-corrected chi connectivity index (χ4v) is 4.45. The van der Waals surface area contributed by atoms with Crippen LogP contribution in [0, 0.1) is 0 Å². The van der Waals surface area contributed by atoms with Crippen LogP contribution in [-0.2, 0) is 11.2 Å². The van der Waals surface area contributed by atoms with Crippen LogP contribution in [0.2, 0.25) is 0 Å². The van der Waals surface area contributed by atoms with Gasteiger partial charge in [-0.15, -0.1) is 11.3 Å². The molecule has 0 aliphatic carbocycles. The number of aryl methyl sites for hydroxylation is 1. The topological polar surface area (TPSA) is 152 Å². The highest BCUT2D eigenvalue weighted by Gasteiger charge is 2.26. The van der Waals surface area contributed by atoms with Crippen molar-refractivity contribution < 1.29 is 14.7 Å². The largest absolute Gasteiger partial charge is 0.397 e. The number of hydrogen-bond donors (Lipinski definition) is 4. The number of pyridine rings is 1. The molecule has 152 valence electrons. The first kappa shape index (κ1) is 20.3. The third kappa shape index (κ3) is 3.75. The maximum atomic E-state index is 12.1. The van der Waals surface area contributed by atoms with E-state index in [1.807, 2.05) is 6.07 Å². The van der Waals surface area contributed by atoms with Crippen LogP contribution in [0.25, 0.3) is 10.2 Å². The molecule has 2 aromatic rings. The molecule has 3 heterocycles. The van der Waals surface area contributed by atoms with E-state index in [9.17, 15) is 9.59 Å². The van der Waals surface area contributed by atoms with Gasteiger partial charge < -0.3 is 32.1 Å². The van der Waals surface area contributed by atoms with E-state index in [4.69, 9.17) is 27.3 Å². The van der Waals surface area contributed by atoms with Gasteiger partial charge in [-0.05, 0) is 18.1 Å². The molecule has 2 amide bonds. The van der Waals surface area contributed by atoms with Crippen molar-refractivity contribution in [1.82, 2.24) is 9.88 Å². The summed E-state index contributed by atoms with van der Waals surface area (Å²) in [6.07, 6.45) is 1.75. The first-order valence-corrected chi connectivity index (χ1v) is 10.1. The quantitative estimate of drug-likeness (QED) is 0.522. The standard InChI is InChI=1S/C18H26N6O3S/c1-2-3-10-8-12(22-17-13(10)14(20)15(28-17)16(21)26)23-4-6-24(7-5-23)18(27)11(19)9-25/h8,11,25H,2-7,9,19-20H2,1H3,(H2,21,26)/t11-/m0/s1. The number of aromatic nitrogens is 1. The number of aliphatic hydroxyl groups excluding tert-OH is 1. The number of carbonyl (C=O) groups is 2. The van der Waals surface area contributed by atoms with Crippen molar-refractivity contribution in [3.8, 4) is 0 Å². The summed E-state index contributed by atoms with van der Waals surface area (Å²) in [6.45, 7) is 3.95. The Hall–Kier alpha value is -2.43. The molecule has 3 rings (SSSR count). The molecule has 2 aromatic heterocycles. The Morgan fingerprint density at radius 2 is 2.00 bits per heavy atom. The lowest BCUT2D eigenvalue weighted by Crippen LogP contribution is -2.54. The van der Waals surface area contributed by atoms with Crippen LogP contribution in [0.3, 0.4) is 0 Å². The average Bonchev–Trinajstić information content (AvgIpc) is 3.04. The number of piperazine rings is 1. The smallest absolute Gasteiger partial charge is 0.260 e. The highest BCUT2D eigenvalue weighted by Crippen LogP contribution is 2.37. The van der Waals surface area contributed by atoms with Crippen molar-refractivity contribution in [2.45, 2.75) is 25.8 Å². The zero-order valence-electron chi connectivity index (χ0n) is 15.9. The van der Waals surface area contributed by atoms with Gasteiger partial charge in [0.05, 0.1) is 12.3 Å². The number of primary amides is 1. The highest BCUT2D eigenvalue weighted by molar-refractivity contribution is 7.21. The summed E-state index contributed by atoms with van der Waals surface area (Å²) in [5, 5.41) is 9.89. The van der Waals surface area contributed by atoms with Crippen LogP contribution in [0.4, 0.5) is 11.5 Å². The molecule has 28 heavy (non-hydrogen) atoms. The zero-order valence-corrected chi connectivity index (χ0v) is 16.7. The number of thiophene rings is 1. The van der Waals surface area contributed by atoms with Crippen LogP contribution in [0.5, 0.6) is 0 Å². The van der Waals surface area contributed by atoms with Crippen molar-refractivity contribution in [3.63, 3.8) is 0 Å². The predicted molar refractivity (Wildman–Crippen MR) is 110 cm³/mol. The minimum atomic E-state index is -0.876. The first-order chi connectivity index (χ1) is 13.4. The maximum Gasteiger partial charge on any atom is 0.260 e. The number of rotatable bonds is 6. The monoisotopic (exact) mass is 406 g/mol. The molecule has 1 saturated heterocycles. The van der Waals surface area contributed by atoms with Crippen LogP contribution < -0.4 is 22.1 Å². The van der Waals surface area contributed by atoms with E-state index in [-0.39, 0.29) is 12.5 Å². The normalized spacial score (nSPS) is 15.8. The van der Waals surface area contributed by atoms with Gasteiger partial charge in [0.1, 0.15) is 21.6 Å². The summed E-state index contributed by atoms with van der Waals surface area (Å²) in [7, 11) is 0. The molecule has 9 nitrogen and oxygen atoms in total. The molecule has 7 N–H and O–H groups in total. The molecule has 0 saturated carbocycles. The molecule has 1 atom stereocenters. The second kappa shape index (κ2) is 8.29.